The molecule has 1 spiro atoms. The van der Waals surface area contributed by atoms with Gasteiger partial charge in [0.05, 0.1) is 17.6 Å². The fourth-order valence-electron chi connectivity index (χ4n) is 5.04. The van der Waals surface area contributed by atoms with Gasteiger partial charge in [-0.2, -0.15) is 0 Å². The molecule has 6 nitrogen and oxygen atoms in total. The zero-order chi connectivity index (χ0) is 20.8. The smallest absolute Gasteiger partial charge is 0.211 e. The molecule has 2 aliphatic heterocycles. The van der Waals surface area contributed by atoms with Crippen molar-refractivity contribution in [2.24, 2.45) is 5.41 Å². The van der Waals surface area contributed by atoms with Gasteiger partial charge in [-0.3, -0.25) is 4.40 Å². The van der Waals surface area contributed by atoms with E-state index in [4.69, 9.17) is 9.72 Å². The van der Waals surface area contributed by atoms with E-state index >= 15 is 0 Å². The minimum absolute atomic E-state index is 0.361. The lowest BCUT2D eigenvalue weighted by Gasteiger charge is -2.39. The monoisotopic (exact) mass is 431 g/mol. The molecule has 0 aliphatic carbocycles. The largest absolute Gasteiger partial charge is 0.378 e. The summed E-state index contributed by atoms with van der Waals surface area (Å²) < 4.78 is 8.01. The van der Waals surface area contributed by atoms with E-state index in [1.165, 1.54) is 11.8 Å². The maximum absolute atomic E-state index is 5.89. The SMILES string of the molecule is C[C@H]1CC2(CCN(c3ncc(Sc4nccc5ccccc45)c4nccn34)CC2)CO1. The summed E-state index contributed by atoms with van der Waals surface area (Å²) in [5, 5.41) is 3.32. The van der Waals surface area contributed by atoms with E-state index in [1.807, 2.05) is 30.9 Å². The number of benzene rings is 1. The second-order valence-electron chi connectivity index (χ2n) is 8.80. The zero-order valence-electron chi connectivity index (χ0n) is 17.6. The molecule has 4 aromatic rings. The first-order valence-corrected chi connectivity index (χ1v) is 11.7. The van der Waals surface area contributed by atoms with Crippen molar-refractivity contribution in [1.82, 2.24) is 19.4 Å². The molecule has 0 amide bonds. The van der Waals surface area contributed by atoms with Gasteiger partial charge in [-0.25, -0.2) is 15.0 Å². The minimum atomic E-state index is 0.361. The Hall–Kier alpha value is -2.64. The molecule has 3 aromatic heterocycles. The predicted molar refractivity (Wildman–Crippen MR) is 123 cm³/mol. The zero-order valence-corrected chi connectivity index (χ0v) is 18.4. The Morgan fingerprint density at radius 2 is 1.94 bits per heavy atom. The van der Waals surface area contributed by atoms with Crippen LogP contribution in [0.25, 0.3) is 16.4 Å². The summed E-state index contributed by atoms with van der Waals surface area (Å²) >= 11 is 1.63. The Morgan fingerprint density at radius 1 is 1.06 bits per heavy atom. The van der Waals surface area contributed by atoms with E-state index in [9.17, 15) is 0 Å². The number of hydrogen-bond donors (Lipinski definition) is 0. The van der Waals surface area contributed by atoms with Crippen LogP contribution in [-0.4, -0.2) is 45.2 Å². The van der Waals surface area contributed by atoms with E-state index in [1.54, 1.807) is 11.8 Å². The van der Waals surface area contributed by atoms with Gasteiger partial charge in [0.2, 0.25) is 5.95 Å². The number of nitrogens with zero attached hydrogens (tertiary/aromatic N) is 5. The lowest BCUT2D eigenvalue weighted by molar-refractivity contribution is 0.0975. The average molecular weight is 432 g/mol. The van der Waals surface area contributed by atoms with E-state index in [-0.39, 0.29) is 0 Å². The summed E-state index contributed by atoms with van der Waals surface area (Å²) in [5.41, 5.74) is 1.29. The Bertz CT molecular complexity index is 1240. The van der Waals surface area contributed by atoms with Crippen molar-refractivity contribution in [3.63, 3.8) is 0 Å². The van der Waals surface area contributed by atoms with Crippen LogP contribution >= 0.6 is 11.8 Å². The maximum atomic E-state index is 5.89. The molecule has 6 rings (SSSR count). The Morgan fingerprint density at radius 3 is 2.77 bits per heavy atom. The highest BCUT2D eigenvalue weighted by Crippen LogP contribution is 2.42. The van der Waals surface area contributed by atoms with Crippen LogP contribution in [0.15, 0.2) is 65.0 Å². The molecule has 0 saturated carbocycles. The number of piperidine rings is 1. The first kappa shape index (κ1) is 19.1. The Labute approximate surface area is 185 Å². The fourth-order valence-corrected chi connectivity index (χ4v) is 6.01. The molecule has 0 N–H and O–H groups in total. The van der Waals surface area contributed by atoms with Crippen molar-refractivity contribution in [3.8, 4) is 0 Å². The van der Waals surface area contributed by atoms with Crippen LogP contribution in [0.1, 0.15) is 26.2 Å². The molecular weight excluding hydrogens is 406 g/mol. The highest BCUT2D eigenvalue weighted by atomic mass is 32.2. The molecule has 2 saturated heterocycles. The number of hydrogen-bond acceptors (Lipinski definition) is 6. The van der Waals surface area contributed by atoms with Crippen LogP contribution in [-0.2, 0) is 4.74 Å². The molecule has 2 fully saturated rings. The van der Waals surface area contributed by atoms with Crippen LogP contribution in [0.2, 0.25) is 0 Å². The van der Waals surface area contributed by atoms with Gasteiger partial charge in [0, 0.05) is 43.3 Å². The third-order valence-corrected chi connectivity index (χ3v) is 7.75. The highest BCUT2D eigenvalue weighted by Gasteiger charge is 2.41. The Kier molecular flexibility index (Phi) is 4.61. The lowest BCUT2D eigenvalue weighted by Crippen LogP contribution is -2.41. The van der Waals surface area contributed by atoms with Crippen LogP contribution < -0.4 is 4.90 Å². The third kappa shape index (κ3) is 3.36. The summed E-state index contributed by atoms with van der Waals surface area (Å²) in [4.78, 5) is 17.6. The fraction of sp³-hybridized carbons (Fsp3) is 0.375. The molecule has 0 radical (unpaired) electrons. The van der Waals surface area contributed by atoms with Crippen LogP contribution in [0.4, 0.5) is 5.95 Å². The van der Waals surface area contributed by atoms with Crippen molar-refractivity contribution < 1.29 is 4.74 Å². The standard InChI is InChI=1S/C24H25N5OS/c1-17-14-24(16-30-17)7-11-28(12-8-24)23-27-15-20(21-25-10-13-29(21)23)31-22-19-5-3-2-4-18(19)6-9-26-22/h2-6,9-10,13,15,17H,7-8,11-12,14,16H2,1H3/t17-/m0/s1. The van der Waals surface area contributed by atoms with E-state index in [0.717, 1.165) is 59.4 Å². The van der Waals surface area contributed by atoms with Gasteiger partial charge in [0.1, 0.15) is 5.03 Å². The van der Waals surface area contributed by atoms with Crippen molar-refractivity contribution in [2.45, 2.75) is 42.2 Å². The first-order valence-electron chi connectivity index (χ1n) is 10.9. The predicted octanol–water partition coefficient (Wildman–Crippen LogP) is 4.82. The summed E-state index contributed by atoms with van der Waals surface area (Å²) in [6, 6.07) is 10.4. The van der Waals surface area contributed by atoms with Crippen molar-refractivity contribution in [1.29, 1.82) is 0 Å². The van der Waals surface area contributed by atoms with E-state index < -0.39 is 0 Å². The van der Waals surface area contributed by atoms with Gasteiger partial charge in [-0.15, -0.1) is 0 Å². The number of aromatic nitrogens is 4. The summed E-state index contributed by atoms with van der Waals surface area (Å²) in [7, 11) is 0. The third-order valence-electron chi connectivity index (χ3n) is 6.72. The molecule has 7 heteroatoms. The molecular formula is C24H25N5OS. The van der Waals surface area contributed by atoms with Gasteiger partial charge in [-0.1, -0.05) is 36.0 Å². The summed E-state index contributed by atoms with van der Waals surface area (Å²) in [5.74, 6) is 0.976. The van der Waals surface area contributed by atoms with Crippen LogP contribution in [0.5, 0.6) is 0 Å². The molecule has 31 heavy (non-hydrogen) atoms. The molecule has 1 aromatic carbocycles. The highest BCUT2D eigenvalue weighted by molar-refractivity contribution is 7.99. The van der Waals surface area contributed by atoms with Gasteiger partial charge in [0.25, 0.3) is 0 Å². The second-order valence-corrected chi connectivity index (χ2v) is 9.83. The molecule has 0 unspecified atom stereocenters. The number of rotatable bonds is 3. The van der Waals surface area contributed by atoms with E-state index in [2.05, 4.69) is 50.5 Å². The number of fused-ring (bicyclic) bond motifs is 2. The van der Waals surface area contributed by atoms with Crippen molar-refractivity contribution in [2.75, 3.05) is 24.6 Å². The quantitative estimate of drug-likeness (QED) is 0.463. The minimum Gasteiger partial charge on any atom is -0.378 e. The first-order chi connectivity index (χ1) is 15.2. The number of imidazole rings is 1. The van der Waals surface area contributed by atoms with Gasteiger partial charge in [0.15, 0.2) is 5.65 Å². The number of pyridine rings is 1. The average Bonchev–Trinajstić information content (AvgIpc) is 3.43. The second kappa shape index (κ2) is 7.50. The van der Waals surface area contributed by atoms with Gasteiger partial charge >= 0.3 is 0 Å². The summed E-state index contributed by atoms with van der Waals surface area (Å²) in [6.45, 7) is 5.11. The molecule has 5 heterocycles. The van der Waals surface area contributed by atoms with Crippen molar-refractivity contribution in [3.05, 3.63) is 55.1 Å². The summed E-state index contributed by atoms with van der Waals surface area (Å²) in [6.07, 6.45) is 11.6. The van der Waals surface area contributed by atoms with Crippen LogP contribution in [0, 0.1) is 5.41 Å². The van der Waals surface area contributed by atoms with E-state index in [0.29, 0.717) is 11.5 Å². The topological polar surface area (TPSA) is 55.6 Å². The maximum Gasteiger partial charge on any atom is 0.211 e. The molecule has 1 atom stereocenters. The van der Waals surface area contributed by atoms with Gasteiger partial charge < -0.3 is 9.64 Å². The Balaban J connectivity index is 1.29. The van der Waals surface area contributed by atoms with Crippen molar-refractivity contribution >= 4 is 34.1 Å². The molecule has 2 aliphatic rings. The number of ether oxygens (including phenoxy) is 1. The molecule has 0 bridgehead atoms. The normalized spacial score (nSPS) is 20.8. The van der Waals surface area contributed by atoms with Gasteiger partial charge in [-0.05, 0) is 43.1 Å². The lowest BCUT2D eigenvalue weighted by atomic mass is 9.77. The molecule has 158 valence electrons. The van der Waals surface area contributed by atoms with Crippen LogP contribution in [0.3, 0.4) is 0 Å². The number of anilines is 1.